The van der Waals surface area contributed by atoms with Gasteiger partial charge < -0.3 is 14.2 Å². The summed E-state index contributed by atoms with van der Waals surface area (Å²) in [6, 6.07) is 8.24. The molecule has 7 heteroatoms. The minimum Gasteiger partial charge on any atom is -0.467 e. The number of ether oxygens (including phenoxy) is 1. The van der Waals surface area contributed by atoms with Crippen LogP contribution in [0.3, 0.4) is 0 Å². The summed E-state index contributed by atoms with van der Waals surface area (Å²) in [6.07, 6.45) is 1.62. The van der Waals surface area contributed by atoms with Crippen LogP contribution in [0.4, 0.5) is 5.69 Å². The lowest BCUT2D eigenvalue weighted by molar-refractivity contribution is 0.378. The predicted octanol–water partition coefficient (Wildman–Crippen LogP) is 2.58. The molecule has 0 aliphatic rings. The molecule has 0 aliphatic heterocycles. The third-order valence-corrected chi connectivity index (χ3v) is 3.44. The van der Waals surface area contributed by atoms with Crippen LogP contribution < -0.4 is 9.64 Å². The van der Waals surface area contributed by atoms with Gasteiger partial charge >= 0.3 is 6.01 Å². The summed E-state index contributed by atoms with van der Waals surface area (Å²) in [5.74, 6) is 0.914. The molecule has 3 aromatic rings. The van der Waals surface area contributed by atoms with Crippen LogP contribution in [0, 0.1) is 6.92 Å². The van der Waals surface area contributed by atoms with E-state index in [1.807, 2.05) is 50.2 Å². The molecule has 0 saturated carbocycles. The number of aryl methyl sites for hydroxylation is 1. The Hall–Kier alpha value is -2.96. The molecule has 0 N–H and O–H groups in total. The second kappa shape index (κ2) is 6.04. The Kier molecular flexibility index (Phi) is 3.92. The van der Waals surface area contributed by atoms with Crippen molar-refractivity contribution in [2.24, 2.45) is 0 Å². The molecule has 0 spiro atoms. The molecule has 3 rings (SSSR count). The van der Waals surface area contributed by atoms with Gasteiger partial charge in [0.2, 0.25) is 5.82 Å². The summed E-state index contributed by atoms with van der Waals surface area (Å²) in [6.45, 7) is 1.84. The third kappa shape index (κ3) is 2.98. The van der Waals surface area contributed by atoms with Crippen LogP contribution >= 0.6 is 0 Å². The summed E-state index contributed by atoms with van der Waals surface area (Å²) in [7, 11) is 5.51. The molecule has 0 bridgehead atoms. The summed E-state index contributed by atoms with van der Waals surface area (Å²) >= 11 is 0. The molecule has 7 nitrogen and oxygen atoms in total. The monoisotopic (exact) mass is 311 g/mol. The Morgan fingerprint density at radius 2 is 1.83 bits per heavy atom. The van der Waals surface area contributed by atoms with E-state index in [1.165, 1.54) is 7.11 Å². The van der Waals surface area contributed by atoms with Gasteiger partial charge in [-0.1, -0.05) is 5.16 Å². The van der Waals surface area contributed by atoms with Crippen LogP contribution in [-0.2, 0) is 0 Å². The number of rotatable bonds is 4. The highest BCUT2D eigenvalue weighted by molar-refractivity contribution is 5.63. The van der Waals surface area contributed by atoms with Crippen LogP contribution in [0.1, 0.15) is 5.69 Å². The second-order valence-corrected chi connectivity index (χ2v) is 5.22. The SMILES string of the molecule is COc1ncc(-c2nc(-c3ccc(N(C)C)cc3)no2)c(C)n1. The number of hydrogen-bond donors (Lipinski definition) is 0. The predicted molar refractivity (Wildman–Crippen MR) is 86.4 cm³/mol. The molecular weight excluding hydrogens is 294 g/mol. The molecule has 0 amide bonds. The lowest BCUT2D eigenvalue weighted by atomic mass is 10.2. The Bertz CT molecular complexity index is 812. The highest BCUT2D eigenvalue weighted by Gasteiger charge is 2.14. The van der Waals surface area contributed by atoms with E-state index < -0.39 is 0 Å². The van der Waals surface area contributed by atoms with Gasteiger partial charge in [-0.05, 0) is 31.2 Å². The zero-order chi connectivity index (χ0) is 16.4. The summed E-state index contributed by atoms with van der Waals surface area (Å²) < 4.78 is 10.3. The van der Waals surface area contributed by atoms with Crippen molar-refractivity contribution in [3.8, 4) is 28.9 Å². The van der Waals surface area contributed by atoms with E-state index in [4.69, 9.17) is 9.26 Å². The van der Waals surface area contributed by atoms with Gasteiger partial charge in [-0.3, -0.25) is 0 Å². The fourth-order valence-electron chi connectivity index (χ4n) is 2.11. The first-order valence-corrected chi connectivity index (χ1v) is 7.08. The smallest absolute Gasteiger partial charge is 0.316 e. The molecule has 2 aromatic heterocycles. The molecule has 23 heavy (non-hydrogen) atoms. The fourth-order valence-corrected chi connectivity index (χ4v) is 2.11. The second-order valence-electron chi connectivity index (χ2n) is 5.22. The van der Waals surface area contributed by atoms with Crippen molar-refractivity contribution in [3.05, 3.63) is 36.2 Å². The van der Waals surface area contributed by atoms with Crippen LogP contribution in [0.25, 0.3) is 22.8 Å². The minimum absolute atomic E-state index is 0.310. The molecular formula is C16H17N5O2. The van der Waals surface area contributed by atoms with Crippen LogP contribution in [0.2, 0.25) is 0 Å². The van der Waals surface area contributed by atoms with E-state index in [0.717, 1.165) is 16.9 Å². The van der Waals surface area contributed by atoms with Crippen molar-refractivity contribution in [1.29, 1.82) is 0 Å². The molecule has 0 aliphatic carbocycles. The Morgan fingerprint density at radius 1 is 1.09 bits per heavy atom. The molecule has 2 heterocycles. The molecule has 118 valence electrons. The summed E-state index contributed by atoms with van der Waals surface area (Å²) in [5.41, 5.74) is 3.40. The lowest BCUT2D eigenvalue weighted by Gasteiger charge is -2.11. The van der Waals surface area contributed by atoms with E-state index >= 15 is 0 Å². The maximum atomic E-state index is 5.34. The normalized spacial score (nSPS) is 10.6. The van der Waals surface area contributed by atoms with E-state index in [0.29, 0.717) is 23.3 Å². The Morgan fingerprint density at radius 3 is 2.43 bits per heavy atom. The van der Waals surface area contributed by atoms with Gasteiger partial charge in [0, 0.05) is 31.5 Å². The van der Waals surface area contributed by atoms with E-state index in [9.17, 15) is 0 Å². The maximum Gasteiger partial charge on any atom is 0.316 e. The maximum absolute atomic E-state index is 5.34. The number of hydrogen-bond acceptors (Lipinski definition) is 7. The van der Waals surface area contributed by atoms with Gasteiger partial charge in [0.25, 0.3) is 5.89 Å². The average Bonchev–Trinajstić information content (AvgIpc) is 3.04. The van der Waals surface area contributed by atoms with Gasteiger partial charge in [0.05, 0.1) is 18.4 Å². The van der Waals surface area contributed by atoms with Gasteiger partial charge in [0.15, 0.2) is 0 Å². The summed E-state index contributed by atoms with van der Waals surface area (Å²) in [4.78, 5) is 14.8. The van der Waals surface area contributed by atoms with Crippen molar-refractivity contribution >= 4 is 5.69 Å². The highest BCUT2D eigenvalue weighted by Crippen LogP contribution is 2.25. The van der Waals surface area contributed by atoms with E-state index in [-0.39, 0.29) is 0 Å². The van der Waals surface area contributed by atoms with Crippen molar-refractivity contribution in [2.75, 3.05) is 26.1 Å². The standard InChI is InChI=1S/C16H17N5O2/c1-10-13(9-17-16(18-10)22-4)15-19-14(20-23-15)11-5-7-12(8-6-11)21(2)3/h5-9H,1-4H3. The van der Waals surface area contributed by atoms with Gasteiger partial charge in [-0.15, -0.1) is 0 Å². The molecule has 1 aromatic carbocycles. The quantitative estimate of drug-likeness (QED) is 0.732. The summed E-state index contributed by atoms with van der Waals surface area (Å²) in [5, 5.41) is 4.03. The van der Waals surface area contributed by atoms with Crippen molar-refractivity contribution in [3.63, 3.8) is 0 Å². The Balaban J connectivity index is 1.91. The van der Waals surface area contributed by atoms with Crippen molar-refractivity contribution < 1.29 is 9.26 Å². The largest absolute Gasteiger partial charge is 0.467 e. The number of nitrogens with zero attached hydrogens (tertiary/aromatic N) is 5. The van der Waals surface area contributed by atoms with Gasteiger partial charge in [-0.25, -0.2) is 4.98 Å². The fraction of sp³-hybridized carbons (Fsp3) is 0.250. The zero-order valence-electron chi connectivity index (χ0n) is 13.4. The number of anilines is 1. The molecule has 0 radical (unpaired) electrons. The first-order chi connectivity index (χ1) is 11.1. The number of methoxy groups -OCH3 is 1. The van der Waals surface area contributed by atoms with Crippen LogP contribution in [0.15, 0.2) is 35.0 Å². The molecule has 0 fully saturated rings. The topological polar surface area (TPSA) is 77.2 Å². The zero-order valence-corrected chi connectivity index (χ0v) is 13.4. The third-order valence-electron chi connectivity index (χ3n) is 3.44. The molecule has 0 unspecified atom stereocenters. The van der Waals surface area contributed by atoms with Crippen LogP contribution in [-0.4, -0.2) is 41.3 Å². The first kappa shape index (κ1) is 15.0. The average molecular weight is 311 g/mol. The van der Waals surface area contributed by atoms with Crippen molar-refractivity contribution in [1.82, 2.24) is 20.1 Å². The highest BCUT2D eigenvalue weighted by atomic mass is 16.5. The van der Waals surface area contributed by atoms with E-state index in [2.05, 4.69) is 20.1 Å². The van der Waals surface area contributed by atoms with Gasteiger partial charge in [-0.2, -0.15) is 9.97 Å². The molecule has 0 saturated heterocycles. The molecule has 0 atom stereocenters. The minimum atomic E-state index is 0.310. The van der Waals surface area contributed by atoms with E-state index in [1.54, 1.807) is 6.20 Å². The van der Waals surface area contributed by atoms with Gasteiger partial charge in [0.1, 0.15) is 0 Å². The number of aromatic nitrogens is 4. The first-order valence-electron chi connectivity index (χ1n) is 7.08. The number of benzene rings is 1. The van der Waals surface area contributed by atoms with Crippen molar-refractivity contribution in [2.45, 2.75) is 6.92 Å². The lowest BCUT2D eigenvalue weighted by Crippen LogP contribution is -2.07. The van der Waals surface area contributed by atoms with Crippen LogP contribution in [0.5, 0.6) is 6.01 Å². The Labute approximate surface area is 134 Å².